The number of pyridine rings is 1. The van der Waals surface area contributed by atoms with E-state index in [9.17, 15) is 4.79 Å². The molecule has 3 rings (SSSR count). The average Bonchev–Trinajstić information content (AvgIpc) is 2.63. The van der Waals surface area contributed by atoms with Gasteiger partial charge in [0.15, 0.2) is 0 Å². The minimum absolute atomic E-state index is 0.0820. The Kier molecular flexibility index (Phi) is 5.48. The maximum atomic E-state index is 12.7. The zero-order valence-corrected chi connectivity index (χ0v) is 15.3. The van der Waals surface area contributed by atoms with Gasteiger partial charge in [0, 0.05) is 44.1 Å². The quantitative estimate of drug-likeness (QED) is 0.704. The number of carbonyl (C=O) groups is 1. The molecule has 1 amide bonds. The van der Waals surface area contributed by atoms with Crippen molar-refractivity contribution in [2.45, 2.75) is 13.0 Å². The highest BCUT2D eigenvalue weighted by atomic mass is 32.1. The molecule has 2 aromatic rings. The summed E-state index contributed by atoms with van der Waals surface area (Å²) in [5.74, 6) is 0.389. The van der Waals surface area contributed by atoms with Gasteiger partial charge in [-0.25, -0.2) is 4.98 Å². The largest absolute Gasteiger partial charge is 0.384 e. The van der Waals surface area contributed by atoms with Crippen LogP contribution in [0.2, 0.25) is 0 Å². The number of nitrogens with two attached hydrogens (primary N) is 1. The molecule has 2 heterocycles. The van der Waals surface area contributed by atoms with Gasteiger partial charge in [0.1, 0.15) is 10.8 Å². The second kappa shape index (κ2) is 7.97. The van der Waals surface area contributed by atoms with Gasteiger partial charge in [-0.05, 0) is 29.8 Å². The zero-order chi connectivity index (χ0) is 18.5. The van der Waals surface area contributed by atoms with E-state index in [0.29, 0.717) is 29.5 Å². The summed E-state index contributed by atoms with van der Waals surface area (Å²) in [5, 5.41) is 6.51. The molecule has 0 spiro atoms. The number of nitrogen functional groups attached to an aromatic ring is 1. The van der Waals surface area contributed by atoms with Crippen LogP contribution in [0.5, 0.6) is 0 Å². The van der Waals surface area contributed by atoms with Gasteiger partial charge in [0.25, 0.3) is 5.91 Å². The van der Waals surface area contributed by atoms with E-state index in [-0.39, 0.29) is 5.91 Å². The van der Waals surface area contributed by atoms with E-state index in [1.54, 1.807) is 18.1 Å². The Morgan fingerprint density at radius 1 is 1.31 bits per heavy atom. The van der Waals surface area contributed by atoms with Crippen LogP contribution in [0.15, 0.2) is 59.9 Å². The van der Waals surface area contributed by atoms with Gasteiger partial charge in [-0.1, -0.05) is 30.4 Å². The Morgan fingerprint density at radius 2 is 2.08 bits per heavy atom. The highest BCUT2D eigenvalue weighted by Crippen LogP contribution is 2.20. The van der Waals surface area contributed by atoms with E-state index in [0.717, 1.165) is 23.4 Å². The van der Waals surface area contributed by atoms with Crippen LogP contribution in [0.1, 0.15) is 12.0 Å². The molecule has 1 aromatic heterocycles. The summed E-state index contributed by atoms with van der Waals surface area (Å²) in [4.78, 5) is 18.8. The predicted octanol–water partition coefficient (Wildman–Crippen LogP) is 2.31. The first-order valence-corrected chi connectivity index (χ1v) is 8.74. The summed E-state index contributed by atoms with van der Waals surface area (Å²) in [6.07, 6.45) is 2.39. The lowest BCUT2D eigenvalue weighted by molar-refractivity contribution is -0.126. The average molecular weight is 367 g/mol. The van der Waals surface area contributed by atoms with E-state index < -0.39 is 0 Å². The standard InChI is InChI=1S/C19H21N5OS/c1-24-10-8-15(22-12-13-7-9-21-16(20)11-13)17(19(24)25)18(26)23-14-5-3-2-4-6-14/h2-7,9,11,22H,8,10,12H2,1H3,(H2,20,21)(H,23,26). The number of hydrogen-bond donors (Lipinski definition) is 3. The summed E-state index contributed by atoms with van der Waals surface area (Å²) in [6, 6.07) is 13.3. The number of anilines is 2. The lowest BCUT2D eigenvalue weighted by Gasteiger charge is -2.28. The third-order valence-corrected chi connectivity index (χ3v) is 4.48. The first-order valence-electron chi connectivity index (χ1n) is 8.34. The fourth-order valence-electron chi connectivity index (χ4n) is 2.77. The number of benzene rings is 1. The molecule has 0 saturated heterocycles. The van der Waals surface area contributed by atoms with Crippen molar-refractivity contribution in [3.05, 3.63) is 65.5 Å². The highest BCUT2D eigenvalue weighted by Gasteiger charge is 2.27. The van der Waals surface area contributed by atoms with Crippen LogP contribution >= 0.6 is 12.2 Å². The lowest BCUT2D eigenvalue weighted by Crippen LogP contribution is -2.40. The first kappa shape index (κ1) is 17.9. The number of amides is 1. The van der Waals surface area contributed by atoms with Gasteiger partial charge in [-0.3, -0.25) is 4.79 Å². The van der Waals surface area contributed by atoms with Crippen molar-refractivity contribution in [3.8, 4) is 0 Å². The molecule has 0 aliphatic carbocycles. The zero-order valence-electron chi connectivity index (χ0n) is 14.5. The molecule has 26 heavy (non-hydrogen) atoms. The number of para-hydroxylation sites is 1. The number of nitrogens with one attached hydrogen (secondary N) is 2. The number of thiocarbonyl (C=S) groups is 1. The molecule has 0 saturated carbocycles. The summed E-state index contributed by atoms with van der Waals surface area (Å²) in [6.45, 7) is 1.20. The van der Waals surface area contributed by atoms with Crippen molar-refractivity contribution in [2.75, 3.05) is 24.6 Å². The van der Waals surface area contributed by atoms with Crippen LogP contribution in [0, 0.1) is 0 Å². The molecule has 134 valence electrons. The van der Waals surface area contributed by atoms with Crippen LogP contribution in [0.4, 0.5) is 11.5 Å². The van der Waals surface area contributed by atoms with Crippen molar-refractivity contribution in [2.24, 2.45) is 0 Å². The van der Waals surface area contributed by atoms with Gasteiger partial charge in [0.05, 0.1) is 5.57 Å². The second-order valence-corrected chi connectivity index (χ2v) is 6.50. The topological polar surface area (TPSA) is 83.3 Å². The van der Waals surface area contributed by atoms with Crippen LogP contribution in [-0.2, 0) is 11.3 Å². The van der Waals surface area contributed by atoms with Crippen molar-refractivity contribution >= 4 is 34.6 Å². The number of carbonyl (C=O) groups excluding carboxylic acids is 1. The Balaban J connectivity index is 1.82. The van der Waals surface area contributed by atoms with E-state index in [2.05, 4.69) is 15.6 Å². The molecule has 1 aliphatic heterocycles. The summed E-state index contributed by atoms with van der Waals surface area (Å²) in [5.41, 5.74) is 8.94. The lowest BCUT2D eigenvalue weighted by atomic mass is 10.0. The molecule has 0 unspecified atom stereocenters. The fourth-order valence-corrected chi connectivity index (χ4v) is 3.09. The molecular formula is C19H21N5OS. The van der Waals surface area contributed by atoms with Crippen LogP contribution in [0.3, 0.4) is 0 Å². The van der Waals surface area contributed by atoms with Gasteiger partial charge in [0.2, 0.25) is 0 Å². The fraction of sp³-hybridized carbons (Fsp3) is 0.211. The Morgan fingerprint density at radius 3 is 2.81 bits per heavy atom. The van der Waals surface area contributed by atoms with Gasteiger partial charge in [-0.2, -0.15) is 0 Å². The normalized spacial score (nSPS) is 14.3. The molecule has 7 heteroatoms. The monoisotopic (exact) mass is 367 g/mol. The molecule has 0 atom stereocenters. The molecule has 1 aliphatic rings. The van der Waals surface area contributed by atoms with Crippen LogP contribution < -0.4 is 16.4 Å². The van der Waals surface area contributed by atoms with Crippen molar-refractivity contribution < 1.29 is 4.79 Å². The van der Waals surface area contributed by atoms with Gasteiger partial charge < -0.3 is 21.3 Å². The Hall–Kier alpha value is -2.93. The number of aromatic nitrogens is 1. The van der Waals surface area contributed by atoms with E-state index in [1.807, 2.05) is 42.5 Å². The van der Waals surface area contributed by atoms with Crippen molar-refractivity contribution in [3.63, 3.8) is 0 Å². The van der Waals surface area contributed by atoms with Crippen LogP contribution in [-0.4, -0.2) is 34.4 Å². The molecule has 4 N–H and O–H groups in total. The number of hydrogen-bond acceptors (Lipinski definition) is 5. The molecule has 0 bridgehead atoms. The van der Waals surface area contributed by atoms with Crippen LogP contribution in [0.25, 0.3) is 0 Å². The molecule has 1 aromatic carbocycles. The van der Waals surface area contributed by atoms with Crippen molar-refractivity contribution in [1.82, 2.24) is 15.2 Å². The van der Waals surface area contributed by atoms with E-state index in [1.165, 1.54) is 0 Å². The summed E-state index contributed by atoms with van der Waals surface area (Å²) >= 11 is 5.53. The van der Waals surface area contributed by atoms with Gasteiger partial charge in [-0.15, -0.1) is 0 Å². The maximum absolute atomic E-state index is 12.7. The number of likely N-dealkylation sites (N-methyl/N-ethyl adjacent to an activating group) is 1. The van der Waals surface area contributed by atoms with E-state index >= 15 is 0 Å². The molecule has 6 nitrogen and oxygen atoms in total. The van der Waals surface area contributed by atoms with E-state index in [4.69, 9.17) is 18.0 Å². The van der Waals surface area contributed by atoms with Crippen molar-refractivity contribution in [1.29, 1.82) is 0 Å². The first-order chi connectivity index (χ1) is 12.5. The SMILES string of the molecule is CN1CCC(NCc2ccnc(N)c2)=C(C(=S)Nc2ccccc2)C1=O. The summed E-state index contributed by atoms with van der Waals surface area (Å²) < 4.78 is 0. The Bertz CT molecular complexity index is 850. The molecular weight excluding hydrogens is 346 g/mol. The minimum Gasteiger partial charge on any atom is -0.384 e. The molecule has 0 radical (unpaired) electrons. The predicted molar refractivity (Wildman–Crippen MR) is 107 cm³/mol. The third kappa shape index (κ3) is 4.18. The summed E-state index contributed by atoms with van der Waals surface area (Å²) in [7, 11) is 1.79. The van der Waals surface area contributed by atoms with Gasteiger partial charge >= 0.3 is 0 Å². The second-order valence-electron chi connectivity index (χ2n) is 6.09. The smallest absolute Gasteiger partial charge is 0.258 e. The Labute approximate surface area is 158 Å². The molecule has 0 fully saturated rings. The number of rotatable bonds is 5. The minimum atomic E-state index is -0.0820. The highest BCUT2D eigenvalue weighted by molar-refractivity contribution is 7.81. The number of nitrogens with zero attached hydrogens (tertiary/aromatic N) is 2. The maximum Gasteiger partial charge on any atom is 0.258 e. The third-order valence-electron chi connectivity index (χ3n) is 4.17.